The normalized spacial score (nSPS) is 16.6. The van der Waals surface area contributed by atoms with E-state index in [1.54, 1.807) is 0 Å². The molecular formula is C21H23F2N5O2S. The molecule has 1 aliphatic heterocycles. The van der Waals surface area contributed by atoms with Crippen LogP contribution in [0.4, 0.5) is 13.9 Å². The molecule has 0 radical (unpaired) electrons. The molecule has 3 heterocycles. The first-order valence-corrected chi connectivity index (χ1v) is 11.1. The molecule has 7 nitrogen and oxygen atoms in total. The molecule has 164 valence electrons. The summed E-state index contributed by atoms with van der Waals surface area (Å²) >= 11 is 1.21. The second kappa shape index (κ2) is 9.09. The number of carbonyl (C=O) groups is 1. The van der Waals surface area contributed by atoms with Crippen molar-refractivity contribution in [1.82, 2.24) is 19.9 Å². The minimum Gasteiger partial charge on any atom is -0.356 e. The van der Waals surface area contributed by atoms with Crippen molar-refractivity contribution in [3.8, 4) is 0 Å². The second-order valence-corrected chi connectivity index (χ2v) is 8.62. The molecule has 1 unspecified atom stereocenters. The highest BCUT2D eigenvalue weighted by Gasteiger charge is 2.27. The number of piperidine rings is 1. The van der Waals surface area contributed by atoms with E-state index in [0.29, 0.717) is 28.6 Å². The monoisotopic (exact) mass is 447 g/mol. The molecule has 31 heavy (non-hydrogen) atoms. The molecule has 3 aromatic rings. The summed E-state index contributed by atoms with van der Waals surface area (Å²) in [5, 5.41) is 3.58. The Morgan fingerprint density at radius 1 is 1.35 bits per heavy atom. The van der Waals surface area contributed by atoms with E-state index in [0.717, 1.165) is 44.0 Å². The average molecular weight is 448 g/mol. The van der Waals surface area contributed by atoms with Crippen LogP contribution in [0.1, 0.15) is 31.7 Å². The molecule has 0 aliphatic carbocycles. The van der Waals surface area contributed by atoms with Gasteiger partial charge >= 0.3 is 0 Å². The Morgan fingerprint density at radius 3 is 3.00 bits per heavy atom. The van der Waals surface area contributed by atoms with Crippen molar-refractivity contribution in [2.75, 3.05) is 24.5 Å². The fraction of sp³-hybridized carbons (Fsp3) is 0.429. The summed E-state index contributed by atoms with van der Waals surface area (Å²) in [7, 11) is 0. The third kappa shape index (κ3) is 4.58. The Kier molecular flexibility index (Phi) is 6.26. The molecule has 1 N–H and O–H groups in total. The maximum absolute atomic E-state index is 14.0. The lowest BCUT2D eigenvalue weighted by molar-refractivity contribution is -0.125. The summed E-state index contributed by atoms with van der Waals surface area (Å²) in [5.74, 6) is -1.22. The van der Waals surface area contributed by atoms with Gasteiger partial charge in [0.2, 0.25) is 5.91 Å². The maximum Gasteiger partial charge on any atom is 0.273 e. The van der Waals surface area contributed by atoms with Gasteiger partial charge in [-0.05, 0) is 37.5 Å². The summed E-state index contributed by atoms with van der Waals surface area (Å²) < 4.78 is 29.0. The Hall–Kier alpha value is -2.88. The molecule has 2 aromatic heterocycles. The molecule has 4 rings (SSSR count). The van der Waals surface area contributed by atoms with Crippen molar-refractivity contribution in [2.45, 2.75) is 32.7 Å². The van der Waals surface area contributed by atoms with Crippen LogP contribution in [0.5, 0.6) is 0 Å². The molecule has 10 heteroatoms. The first kappa shape index (κ1) is 21.4. The molecule has 0 spiro atoms. The number of benzene rings is 1. The third-order valence-corrected chi connectivity index (χ3v) is 6.43. The van der Waals surface area contributed by atoms with Gasteiger partial charge in [-0.1, -0.05) is 18.3 Å². The number of anilines is 1. The highest BCUT2D eigenvalue weighted by Crippen LogP contribution is 2.29. The minimum atomic E-state index is -0.584. The Bertz CT molecular complexity index is 1160. The van der Waals surface area contributed by atoms with Crippen LogP contribution in [0.25, 0.3) is 10.3 Å². The standard InChI is InChI=1S/C21H23F2N5O2S/c1-2-7-24-19(29)13-4-3-8-27(10-13)21-26-18-17(31-21)20(30)28(12-25-18)11-14-9-15(22)5-6-16(14)23/h5-6,9,12-13H,2-4,7-8,10-11H2,1H3,(H,24,29). The predicted octanol–water partition coefficient (Wildman–Crippen LogP) is 2.92. The Morgan fingerprint density at radius 2 is 2.19 bits per heavy atom. The number of thiazole rings is 1. The number of halogens is 2. The van der Waals surface area contributed by atoms with Gasteiger partial charge < -0.3 is 10.2 Å². The number of aromatic nitrogens is 3. The molecule has 1 amide bonds. The molecule has 0 saturated carbocycles. The van der Waals surface area contributed by atoms with Gasteiger partial charge in [0.25, 0.3) is 5.56 Å². The number of hydrogen-bond donors (Lipinski definition) is 1. The topological polar surface area (TPSA) is 80.1 Å². The highest BCUT2D eigenvalue weighted by molar-refractivity contribution is 7.22. The van der Waals surface area contributed by atoms with Gasteiger partial charge in [0.1, 0.15) is 22.7 Å². The lowest BCUT2D eigenvalue weighted by atomic mass is 9.97. The summed E-state index contributed by atoms with van der Waals surface area (Å²) in [6.07, 6.45) is 3.87. The number of carbonyl (C=O) groups excluding carboxylic acids is 1. The Balaban J connectivity index is 1.57. The van der Waals surface area contributed by atoms with Crippen molar-refractivity contribution in [3.05, 3.63) is 52.1 Å². The fourth-order valence-electron chi connectivity index (χ4n) is 3.69. The quantitative estimate of drug-likeness (QED) is 0.629. The number of rotatable bonds is 6. The summed E-state index contributed by atoms with van der Waals surface area (Å²) in [4.78, 5) is 36.0. The van der Waals surface area contributed by atoms with E-state index in [-0.39, 0.29) is 29.5 Å². The zero-order valence-electron chi connectivity index (χ0n) is 17.1. The van der Waals surface area contributed by atoms with Crippen LogP contribution in [0, 0.1) is 17.6 Å². The number of amides is 1. The smallest absolute Gasteiger partial charge is 0.273 e. The number of hydrogen-bond acceptors (Lipinski definition) is 6. The molecule has 1 fully saturated rings. The zero-order chi connectivity index (χ0) is 22.0. The van der Waals surface area contributed by atoms with Crippen LogP contribution >= 0.6 is 11.3 Å². The molecule has 0 bridgehead atoms. The molecule has 1 saturated heterocycles. The van der Waals surface area contributed by atoms with Crippen LogP contribution in [0.3, 0.4) is 0 Å². The van der Waals surface area contributed by atoms with Gasteiger partial charge in [0, 0.05) is 25.2 Å². The number of nitrogens with zero attached hydrogens (tertiary/aromatic N) is 4. The second-order valence-electron chi connectivity index (χ2n) is 7.64. The Labute approximate surface area is 181 Å². The fourth-order valence-corrected chi connectivity index (χ4v) is 4.69. The lowest BCUT2D eigenvalue weighted by Gasteiger charge is -2.31. The SMILES string of the molecule is CCCNC(=O)C1CCCN(c2nc3ncn(Cc4cc(F)ccc4F)c(=O)c3s2)C1. The van der Waals surface area contributed by atoms with Gasteiger partial charge in [0.15, 0.2) is 10.8 Å². The van der Waals surface area contributed by atoms with Gasteiger partial charge in [-0.3, -0.25) is 14.2 Å². The maximum atomic E-state index is 14.0. The van der Waals surface area contributed by atoms with Gasteiger partial charge in [-0.2, -0.15) is 4.98 Å². The van der Waals surface area contributed by atoms with Crippen LogP contribution < -0.4 is 15.8 Å². The molecule has 1 aromatic carbocycles. The van der Waals surface area contributed by atoms with Crippen molar-refractivity contribution < 1.29 is 13.6 Å². The largest absolute Gasteiger partial charge is 0.356 e. The highest BCUT2D eigenvalue weighted by atomic mass is 32.1. The van der Waals surface area contributed by atoms with E-state index in [4.69, 9.17) is 0 Å². The van der Waals surface area contributed by atoms with Crippen molar-refractivity contribution in [3.63, 3.8) is 0 Å². The van der Waals surface area contributed by atoms with Crippen molar-refractivity contribution in [2.24, 2.45) is 5.92 Å². The van der Waals surface area contributed by atoms with Crippen molar-refractivity contribution in [1.29, 1.82) is 0 Å². The lowest BCUT2D eigenvalue weighted by Crippen LogP contribution is -2.43. The van der Waals surface area contributed by atoms with E-state index < -0.39 is 11.6 Å². The van der Waals surface area contributed by atoms with Gasteiger partial charge in [-0.15, -0.1) is 0 Å². The van der Waals surface area contributed by atoms with Gasteiger partial charge in [-0.25, -0.2) is 13.8 Å². The summed E-state index contributed by atoms with van der Waals surface area (Å²) in [5.41, 5.74) is 0.0372. The van der Waals surface area contributed by atoms with Crippen LogP contribution in [-0.2, 0) is 11.3 Å². The van der Waals surface area contributed by atoms with Gasteiger partial charge in [0.05, 0.1) is 12.5 Å². The molecule has 1 aliphatic rings. The van der Waals surface area contributed by atoms with Crippen molar-refractivity contribution >= 4 is 32.7 Å². The first-order chi connectivity index (χ1) is 15.0. The molecule has 1 atom stereocenters. The van der Waals surface area contributed by atoms with E-state index in [2.05, 4.69) is 15.3 Å². The zero-order valence-corrected chi connectivity index (χ0v) is 17.9. The summed E-state index contributed by atoms with van der Waals surface area (Å²) in [6.45, 7) is 3.84. The predicted molar refractivity (Wildman–Crippen MR) is 115 cm³/mol. The van der Waals surface area contributed by atoms with E-state index in [1.807, 2.05) is 11.8 Å². The molecular weight excluding hydrogens is 424 g/mol. The van der Waals surface area contributed by atoms with Crippen LogP contribution in [0.2, 0.25) is 0 Å². The van der Waals surface area contributed by atoms with Crippen LogP contribution in [0.15, 0.2) is 29.3 Å². The average Bonchev–Trinajstić information content (AvgIpc) is 3.22. The minimum absolute atomic E-state index is 0.0465. The third-order valence-electron chi connectivity index (χ3n) is 5.33. The van der Waals surface area contributed by atoms with E-state index >= 15 is 0 Å². The van der Waals surface area contributed by atoms with Crippen LogP contribution in [-0.4, -0.2) is 40.1 Å². The van der Waals surface area contributed by atoms with E-state index in [9.17, 15) is 18.4 Å². The summed E-state index contributed by atoms with van der Waals surface area (Å²) in [6, 6.07) is 3.14. The first-order valence-electron chi connectivity index (χ1n) is 10.3. The number of fused-ring (bicyclic) bond motifs is 1. The number of nitrogens with one attached hydrogen (secondary N) is 1. The van der Waals surface area contributed by atoms with E-state index in [1.165, 1.54) is 22.2 Å².